The van der Waals surface area contributed by atoms with Crippen LogP contribution < -0.4 is 5.32 Å². The highest BCUT2D eigenvalue weighted by Gasteiger charge is 2.31. The third-order valence-corrected chi connectivity index (χ3v) is 3.10. The average Bonchev–Trinajstić information content (AvgIpc) is 2.34. The second-order valence-electron chi connectivity index (χ2n) is 3.76. The van der Waals surface area contributed by atoms with Crippen LogP contribution in [0.15, 0.2) is 22.7 Å². The molecule has 0 saturated carbocycles. The van der Waals surface area contributed by atoms with Gasteiger partial charge in [-0.05, 0) is 40.5 Å². The molecule has 0 saturated heterocycles. The predicted molar refractivity (Wildman–Crippen MR) is 66.3 cm³/mol. The topological polar surface area (TPSA) is 52.9 Å². The first kappa shape index (κ1) is 15.5. The van der Waals surface area contributed by atoms with E-state index in [1.807, 2.05) is 6.07 Å². The highest BCUT2D eigenvalue weighted by molar-refractivity contribution is 9.10. The first-order chi connectivity index (χ1) is 8.79. The summed E-state index contributed by atoms with van der Waals surface area (Å²) in [7, 11) is 0. The fraction of sp³-hybridized carbons (Fsp3) is 0.333. The van der Waals surface area contributed by atoms with Crippen LogP contribution in [0.5, 0.6) is 0 Å². The maximum Gasteiger partial charge on any atom is 0.416 e. The van der Waals surface area contributed by atoms with Crippen molar-refractivity contribution in [3.63, 3.8) is 0 Å². The molecule has 0 aromatic heterocycles. The number of carbonyl (C=O) groups excluding carboxylic acids is 1. The number of carbonyl (C=O) groups is 1. The number of hydrogen-bond donors (Lipinski definition) is 1. The van der Waals surface area contributed by atoms with Crippen LogP contribution in [0.3, 0.4) is 0 Å². The Kier molecular flexibility index (Phi) is 4.95. The Morgan fingerprint density at radius 2 is 2.16 bits per heavy atom. The highest BCUT2D eigenvalue weighted by atomic mass is 79.9. The fourth-order valence-corrected chi connectivity index (χ4v) is 1.76. The zero-order valence-corrected chi connectivity index (χ0v) is 11.5. The van der Waals surface area contributed by atoms with Crippen molar-refractivity contribution in [2.75, 3.05) is 0 Å². The summed E-state index contributed by atoms with van der Waals surface area (Å²) in [6, 6.07) is 3.91. The molecule has 1 aromatic rings. The largest absolute Gasteiger partial charge is 0.416 e. The third-order valence-electron chi connectivity index (χ3n) is 2.41. The van der Waals surface area contributed by atoms with Gasteiger partial charge in [-0.25, -0.2) is 0 Å². The van der Waals surface area contributed by atoms with Crippen LogP contribution in [-0.2, 0) is 6.18 Å². The highest BCUT2D eigenvalue weighted by Crippen LogP contribution is 2.31. The molecular weight excluding hydrogens is 325 g/mol. The summed E-state index contributed by atoms with van der Waals surface area (Å²) < 4.78 is 37.9. The molecule has 3 nitrogen and oxygen atoms in total. The van der Waals surface area contributed by atoms with E-state index in [1.54, 1.807) is 6.92 Å². The van der Waals surface area contributed by atoms with E-state index in [0.29, 0.717) is 6.42 Å². The minimum atomic E-state index is -4.52. The number of hydrogen-bond acceptors (Lipinski definition) is 2. The lowest BCUT2D eigenvalue weighted by Gasteiger charge is -2.12. The summed E-state index contributed by atoms with van der Waals surface area (Å²) in [5.74, 6) is -0.716. The van der Waals surface area contributed by atoms with Crippen LogP contribution in [0.2, 0.25) is 0 Å². The van der Waals surface area contributed by atoms with Crippen molar-refractivity contribution in [1.29, 1.82) is 5.26 Å². The average molecular weight is 335 g/mol. The van der Waals surface area contributed by atoms with Gasteiger partial charge in [0.2, 0.25) is 0 Å². The molecule has 1 aromatic carbocycles. The van der Waals surface area contributed by atoms with E-state index >= 15 is 0 Å². The van der Waals surface area contributed by atoms with E-state index in [-0.39, 0.29) is 10.0 Å². The fourth-order valence-electron chi connectivity index (χ4n) is 1.34. The maximum absolute atomic E-state index is 12.6. The van der Waals surface area contributed by atoms with E-state index in [4.69, 9.17) is 5.26 Å². The molecule has 0 bridgehead atoms. The van der Waals surface area contributed by atoms with E-state index < -0.39 is 23.7 Å². The molecule has 0 fully saturated rings. The number of halogens is 4. The number of benzene rings is 1. The number of nitriles is 1. The van der Waals surface area contributed by atoms with Gasteiger partial charge >= 0.3 is 6.18 Å². The Labute approximate surface area is 116 Å². The summed E-state index contributed by atoms with van der Waals surface area (Å²) in [4.78, 5) is 11.8. The quantitative estimate of drug-likeness (QED) is 0.919. The molecule has 19 heavy (non-hydrogen) atoms. The van der Waals surface area contributed by atoms with Crippen molar-refractivity contribution in [1.82, 2.24) is 5.32 Å². The molecule has 7 heteroatoms. The molecule has 0 aliphatic rings. The minimum absolute atomic E-state index is 0.150. The van der Waals surface area contributed by atoms with Crippen LogP contribution in [0, 0.1) is 11.3 Å². The van der Waals surface area contributed by atoms with Crippen molar-refractivity contribution in [2.45, 2.75) is 25.6 Å². The molecule has 1 rings (SSSR count). The van der Waals surface area contributed by atoms with E-state index in [9.17, 15) is 18.0 Å². The molecule has 102 valence electrons. The van der Waals surface area contributed by atoms with Gasteiger partial charge in [0.1, 0.15) is 6.04 Å². The van der Waals surface area contributed by atoms with Crippen molar-refractivity contribution < 1.29 is 18.0 Å². The summed E-state index contributed by atoms with van der Waals surface area (Å²) in [6.07, 6.45) is -4.14. The van der Waals surface area contributed by atoms with Gasteiger partial charge in [0.15, 0.2) is 0 Å². The van der Waals surface area contributed by atoms with Crippen molar-refractivity contribution >= 4 is 21.8 Å². The Hall–Kier alpha value is -1.55. The number of amides is 1. The summed E-state index contributed by atoms with van der Waals surface area (Å²) >= 11 is 3.02. The molecule has 0 aliphatic heterocycles. The van der Waals surface area contributed by atoms with Crippen molar-refractivity contribution in [3.05, 3.63) is 33.8 Å². The van der Waals surface area contributed by atoms with Crippen LogP contribution in [0.25, 0.3) is 0 Å². The molecule has 1 amide bonds. The molecule has 1 atom stereocenters. The van der Waals surface area contributed by atoms with Crippen LogP contribution in [0.1, 0.15) is 29.3 Å². The van der Waals surface area contributed by atoms with E-state index in [1.165, 1.54) is 0 Å². The monoisotopic (exact) mass is 334 g/mol. The number of alkyl halides is 3. The van der Waals surface area contributed by atoms with E-state index in [0.717, 1.165) is 18.2 Å². The summed E-state index contributed by atoms with van der Waals surface area (Å²) in [5.41, 5.74) is -1.06. The van der Waals surface area contributed by atoms with Crippen molar-refractivity contribution in [2.24, 2.45) is 0 Å². The second kappa shape index (κ2) is 6.06. The Balaban J connectivity index is 3.06. The first-order valence-corrected chi connectivity index (χ1v) is 6.16. The van der Waals surface area contributed by atoms with Gasteiger partial charge in [-0.1, -0.05) is 6.92 Å². The predicted octanol–water partition coefficient (Wildman–Crippen LogP) is 3.50. The molecular formula is C12H10BrF3N2O. The van der Waals surface area contributed by atoms with Gasteiger partial charge in [0, 0.05) is 4.47 Å². The standard InChI is InChI=1S/C12H10BrF3N2O/c1-2-8(6-17)18-11(19)9-5-7(12(14,15)16)3-4-10(9)13/h3-5,8H,2H2,1H3,(H,18,19). The molecule has 0 aliphatic carbocycles. The molecule has 1 unspecified atom stereocenters. The summed E-state index contributed by atoms with van der Waals surface area (Å²) in [6.45, 7) is 1.69. The lowest BCUT2D eigenvalue weighted by Crippen LogP contribution is -2.33. The SMILES string of the molecule is CCC(C#N)NC(=O)c1cc(C(F)(F)F)ccc1Br. The second-order valence-corrected chi connectivity index (χ2v) is 4.61. The number of nitrogens with one attached hydrogen (secondary N) is 1. The zero-order chi connectivity index (χ0) is 14.6. The van der Waals surface area contributed by atoms with Gasteiger partial charge in [0.25, 0.3) is 5.91 Å². The van der Waals surface area contributed by atoms with Crippen LogP contribution in [0.4, 0.5) is 13.2 Å². The lowest BCUT2D eigenvalue weighted by molar-refractivity contribution is -0.137. The van der Waals surface area contributed by atoms with Gasteiger partial charge in [-0.15, -0.1) is 0 Å². The maximum atomic E-state index is 12.6. The molecule has 0 spiro atoms. The van der Waals surface area contributed by atoms with Gasteiger partial charge in [-0.2, -0.15) is 18.4 Å². The van der Waals surface area contributed by atoms with E-state index in [2.05, 4.69) is 21.2 Å². The number of rotatable bonds is 3. The van der Waals surface area contributed by atoms with Crippen LogP contribution in [-0.4, -0.2) is 11.9 Å². The smallest absolute Gasteiger partial charge is 0.336 e. The Morgan fingerprint density at radius 1 is 1.53 bits per heavy atom. The minimum Gasteiger partial charge on any atom is -0.336 e. The first-order valence-electron chi connectivity index (χ1n) is 5.36. The Bertz CT molecular complexity index is 523. The summed E-state index contributed by atoms with van der Waals surface area (Å²) in [5, 5.41) is 11.1. The molecule has 0 radical (unpaired) electrons. The van der Waals surface area contributed by atoms with Crippen LogP contribution >= 0.6 is 15.9 Å². The molecule has 1 N–H and O–H groups in total. The molecule has 0 heterocycles. The zero-order valence-electron chi connectivity index (χ0n) is 9.88. The Morgan fingerprint density at radius 3 is 2.63 bits per heavy atom. The van der Waals surface area contributed by atoms with Gasteiger partial charge in [0.05, 0.1) is 17.2 Å². The van der Waals surface area contributed by atoms with Gasteiger partial charge < -0.3 is 5.32 Å². The normalized spacial score (nSPS) is 12.6. The lowest BCUT2D eigenvalue weighted by atomic mass is 10.1. The third kappa shape index (κ3) is 3.96. The van der Waals surface area contributed by atoms with Crippen molar-refractivity contribution in [3.8, 4) is 6.07 Å². The van der Waals surface area contributed by atoms with Gasteiger partial charge in [-0.3, -0.25) is 4.79 Å². The number of nitrogens with zero attached hydrogens (tertiary/aromatic N) is 1.